The molecule has 0 saturated carbocycles. The van der Waals surface area contributed by atoms with Crippen molar-refractivity contribution in [3.05, 3.63) is 0 Å². The second-order valence-corrected chi connectivity index (χ2v) is 5.43. The highest BCUT2D eigenvalue weighted by atomic mass is 32.2. The van der Waals surface area contributed by atoms with Crippen LogP contribution in [0.15, 0.2) is 4.99 Å². The van der Waals surface area contributed by atoms with Crippen molar-refractivity contribution >= 4 is 17.7 Å². The van der Waals surface area contributed by atoms with E-state index in [1.54, 1.807) is 0 Å². The van der Waals surface area contributed by atoms with E-state index in [1.165, 1.54) is 25.0 Å². The molecule has 4 nitrogen and oxygen atoms in total. The molecule has 0 heterocycles. The summed E-state index contributed by atoms with van der Waals surface area (Å²) in [6, 6.07) is 0. The molecule has 2 N–H and O–H groups in total. The van der Waals surface area contributed by atoms with Crippen LogP contribution in [0.4, 0.5) is 0 Å². The molecule has 0 aliphatic carbocycles. The van der Waals surface area contributed by atoms with Crippen LogP contribution in [0.25, 0.3) is 0 Å². The largest absolute Gasteiger partial charge is 0.381 e. The molecule has 0 radical (unpaired) electrons. The van der Waals surface area contributed by atoms with E-state index < -0.39 is 0 Å². The van der Waals surface area contributed by atoms with Crippen molar-refractivity contribution < 1.29 is 4.74 Å². The summed E-state index contributed by atoms with van der Waals surface area (Å²) in [5.41, 5.74) is 0. The van der Waals surface area contributed by atoms with Gasteiger partial charge in [-0.15, -0.1) is 0 Å². The van der Waals surface area contributed by atoms with Crippen LogP contribution in [-0.4, -0.2) is 51.3 Å². The molecule has 0 amide bonds. The Morgan fingerprint density at radius 2 is 1.74 bits per heavy atom. The quantitative estimate of drug-likeness (QED) is 0.329. The number of unbranched alkanes of at least 4 members (excludes halogenated alkanes) is 2. The molecular formula is C14H31N3OS. The number of nitrogens with one attached hydrogen (secondary N) is 2. The number of thioether (sulfide) groups is 1. The van der Waals surface area contributed by atoms with Crippen LogP contribution in [0.5, 0.6) is 0 Å². The van der Waals surface area contributed by atoms with Crippen LogP contribution in [0.3, 0.4) is 0 Å². The molecule has 0 fully saturated rings. The Bertz CT molecular complexity index is 213. The fourth-order valence-electron chi connectivity index (χ4n) is 1.53. The molecule has 0 aliphatic rings. The highest BCUT2D eigenvalue weighted by molar-refractivity contribution is 7.98. The number of nitrogens with zero attached hydrogens (tertiary/aromatic N) is 1. The van der Waals surface area contributed by atoms with Crippen LogP contribution in [-0.2, 0) is 4.74 Å². The zero-order valence-corrected chi connectivity index (χ0v) is 13.7. The lowest BCUT2D eigenvalue weighted by molar-refractivity contribution is 0.129. The SMILES string of the molecule is CCCCOCCCNC(=NC)NCCCCSC. The van der Waals surface area contributed by atoms with Crippen molar-refractivity contribution in [2.75, 3.05) is 45.4 Å². The summed E-state index contributed by atoms with van der Waals surface area (Å²) >= 11 is 1.90. The van der Waals surface area contributed by atoms with E-state index in [9.17, 15) is 0 Å². The van der Waals surface area contributed by atoms with Crippen molar-refractivity contribution in [2.45, 2.75) is 39.0 Å². The second-order valence-electron chi connectivity index (χ2n) is 4.45. The third-order valence-corrected chi connectivity index (χ3v) is 3.39. The molecule has 5 heteroatoms. The summed E-state index contributed by atoms with van der Waals surface area (Å²) in [5.74, 6) is 2.14. The first-order chi connectivity index (χ1) is 9.35. The van der Waals surface area contributed by atoms with Crippen LogP contribution in [0.1, 0.15) is 39.0 Å². The molecule has 114 valence electrons. The third kappa shape index (κ3) is 13.8. The number of ether oxygens (including phenoxy) is 1. The number of hydrogen-bond acceptors (Lipinski definition) is 3. The number of hydrogen-bond donors (Lipinski definition) is 2. The number of aliphatic imine (C=N–C) groups is 1. The molecule has 0 aromatic rings. The van der Waals surface area contributed by atoms with Crippen molar-refractivity contribution in [1.29, 1.82) is 0 Å². The van der Waals surface area contributed by atoms with E-state index in [1.807, 2.05) is 18.8 Å². The molecule has 0 aromatic heterocycles. The van der Waals surface area contributed by atoms with Gasteiger partial charge in [0.15, 0.2) is 5.96 Å². The van der Waals surface area contributed by atoms with E-state index in [4.69, 9.17) is 4.74 Å². The maximum Gasteiger partial charge on any atom is 0.190 e. The summed E-state index contributed by atoms with van der Waals surface area (Å²) in [7, 11) is 1.81. The predicted molar refractivity (Wildman–Crippen MR) is 87.3 cm³/mol. The minimum absolute atomic E-state index is 0.831. The minimum atomic E-state index is 0.831. The average molecular weight is 289 g/mol. The van der Waals surface area contributed by atoms with Crippen molar-refractivity contribution in [3.63, 3.8) is 0 Å². The first kappa shape index (κ1) is 18.6. The molecule has 0 aromatic carbocycles. The van der Waals surface area contributed by atoms with Gasteiger partial charge in [0, 0.05) is 33.4 Å². The monoisotopic (exact) mass is 289 g/mol. The average Bonchev–Trinajstić information content (AvgIpc) is 2.44. The summed E-state index contributed by atoms with van der Waals surface area (Å²) in [6.45, 7) is 5.81. The molecule has 0 atom stereocenters. The first-order valence-electron chi connectivity index (χ1n) is 7.36. The maximum atomic E-state index is 5.51. The zero-order valence-electron chi connectivity index (χ0n) is 12.8. The Labute approximate surface area is 123 Å². The summed E-state index contributed by atoms with van der Waals surface area (Å²) < 4.78 is 5.51. The van der Waals surface area contributed by atoms with Gasteiger partial charge < -0.3 is 15.4 Å². The van der Waals surface area contributed by atoms with Crippen LogP contribution in [0, 0.1) is 0 Å². The number of guanidine groups is 1. The first-order valence-corrected chi connectivity index (χ1v) is 8.75. The van der Waals surface area contributed by atoms with Crippen LogP contribution < -0.4 is 10.6 Å². The van der Waals surface area contributed by atoms with Gasteiger partial charge >= 0.3 is 0 Å². The lowest BCUT2D eigenvalue weighted by atomic mass is 10.3. The van der Waals surface area contributed by atoms with Gasteiger partial charge in [-0.2, -0.15) is 11.8 Å². The Hall–Kier alpha value is -0.420. The van der Waals surface area contributed by atoms with Gasteiger partial charge in [-0.3, -0.25) is 4.99 Å². The van der Waals surface area contributed by atoms with Crippen molar-refractivity contribution in [3.8, 4) is 0 Å². The molecule has 0 saturated heterocycles. The smallest absolute Gasteiger partial charge is 0.190 e. The highest BCUT2D eigenvalue weighted by Crippen LogP contribution is 1.97. The lowest BCUT2D eigenvalue weighted by Gasteiger charge is -2.11. The lowest BCUT2D eigenvalue weighted by Crippen LogP contribution is -2.38. The Morgan fingerprint density at radius 3 is 2.37 bits per heavy atom. The van der Waals surface area contributed by atoms with Gasteiger partial charge in [0.05, 0.1) is 0 Å². The molecule has 0 spiro atoms. The Morgan fingerprint density at radius 1 is 1.05 bits per heavy atom. The predicted octanol–water partition coefficient (Wildman–Crippen LogP) is 2.50. The van der Waals surface area contributed by atoms with Crippen molar-refractivity contribution in [1.82, 2.24) is 10.6 Å². The van der Waals surface area contributed by atoms with Crippen LogP contribution in [0.2, 0.25) is 0 Å². The Kier molecular flexibility index (Phi) is 15.3. The second kappa shape index (κ2) is 15.6. The highest BCUT2D eigenvalue weighted by Gasteiger charge is 1.96. The molecular weight excluding hydrogens is 258 g/mol. The van der Waals surface area contributed by atoms with Gasteiger partial charge in [0.1, 0.15) is 0 Å². The summed E-state index contributed by atoms with van der Waals surface area (Å²) in [6.07, 6.45) is 7.99. The molecule has 0 aliphatic heterocycles. The standard InChI is InChI=1S/C14H31N3OS/c1-4-5-11-18-12-8-10-17-14(15-2)16-9-6-7-13-19-3/h4-13H2,1-3H3,(H2,15,16,17). The normalized spacial score (nSPS) is 11.6. The van der Waals surface area contributed by atoms with Crippen LogP contribution >= 0.6 is 11.8 Å². The Balaban J connectivity index is 3.35. The van der Waals surface area contributed by atoms with Gasteiger partial charge in [0.2, 0.25) is 0 Å². The third-order valence-electron chi connectivity index (χ3n) is 2.69. The van der Waals surface area contributed by atoms with E-state index in [2.05, 4.69) is 28.8 Å². The molecule has 0 rings (SSSR count). The van der Waals surface area contributed by atoms with E-state index in [0.717, 1.165) is 45.1 Å². The van der Waals surface area contributed by atoms with Gasteiger partial charge in [-0.1, -0.05) is 13.3 Å². The van der Waals surface area contributed by atoms with Crippen molar-refractivity contribution in [2.24, 2.45) is 4.99 Å². The molecule has 0 bridgehead atoms. The van der Waals surface area contributed by atoms with Gasteiger partial charge in [-0.25, -0.2) is 0 Å². The minimum Gasteiger partial charge on any atom is -0.381 e. The maximum absolute atomic E-state index is 5.51. The fraction of sp³-hybridized carbons (Fsp3) is 0.929. The van der Waals surface area contributed by atoms with E-state index in [-0.39, 0.29) is 0 Å². The topological polar surface area (TPSA) is 45.6 Å². The molecule has 0 unspecified atom stereocenters. The van der Waals surface area contributed by atoms with E-state index >= 15 is 0 Å². The summed E-state index contributed by atoms with van der Waals surface area (Å²) in [5, 5.41) is 6.63. The fourth-order valence-corrected chi connectivity index (χ4v) is 2.02. The zero-order chi connectivity index (χ0) is 14.2. The summed E-state index contributed by atoms with van der Waals surface area (Å²) in [4.78, 5) is 4.20. The van der Waals surface area contributed by atoms with Gasteiger partial charge in [0.25, 0.3) is 0 Å². The van der Waals surface area contributed by atoms with E-state index in [0.29, 0.717) is 0 Å². The molecule has 19 heavy (non-hydrogen) atoms. The van der Waals surface area contributed by atoms with Gasteiger partial charge in [-0.05, 0) is 37.7 Å². The number of rotatable bonds is 12.